The van der Waals surface area contributed by atoms with Crippen molar-refractivity contribution in [3.8, 4) is 11.4 Å². The van der Waals surface area contributed by atoms with Crippen LogP contribution < -0.4 is 4.90 Å². The van der Waals surface area contributed by atoms with Crippen molar-refractivity contribution in [1.29, 1.82) is 0 Å². The van der Waals surface area contributed by atoms with Crippen molar-refractivity contribution < 1.29 is 14.2 Å². The molecule has 2 aromatic heterocycles. The summed E-state index contributed by atoms with van der Waals surface area (Å²) in [4.78, 5) is 28.5. The van der Waals surface area contributed by atoms with Crippen LogP contribution in [-0.2, 0) is 4.84 Å². The largest absolute Gasteiger partial charge is 0.372 e. The number of anilines is 1. The number of rotatable bonds is 4. The molecule has 0 bridgehead atoms. The third-order valence-corrected chi connectivity index (χ3v) is 6.29. The fourth-order valence-corrected chi connectivity index (χ4v) is 4.44. The molecule has 162 valence electrons. The minimum atomic E-state index is -0.421. The van der Waals surface area contributed by atoms with Gasteiger partial charge in [0.1, 0.15) is 6.61 Å². The zero-order chi connectivity index (χ0) is 21.7. The van der Waals surface area contributed by atoms with Crippen LogP contribution in [-0.4, -0.2) is 45.8 Å². The third kappa shape index (κ3) is 3.23. The molecule has 1 atom stereocenters. The van der Waals surface area contributed by atoms with E-state index < -0.39 is 6.04 Å². The Morgan fingerprint density at radius 1 is 1.12 bits per heavy atom. The fourth-order valence-electron chi connectivity index (χ4n) is 4.27. The predicted molar refractivity (Wildman–Crippen MR) is 119 cm³/mol. The monoisotopic (exact) mass is 449 g/mol. The molecular formula is C23H20ClN5O3. The normalized spacial score (nSPS) is 18.3. The van der Waals surface area contributed by atoms with E-state index in [2.05, 4.69) is 20.0 Å². The third-order valence-electron chi connectivity index (χ3n) is 6.05. The summed E-state index contributed by atoms with van der Waals surface area (Å²) < 4.78 is 5.49. The van der Waals surface area contributed by atoms with Gasteiger partial charge in [0.05, 0.1) is 0 Å². The van der Waals surface area contributed by atoms with E-state index in [9.17, 15) is 4.79 Å². The van der Waals surface area contributed by atoms with E-state index in [-0.39, 0.29) is 5.91 Å². The van der Waals surface area contributed by atoms with Gasteiger partial charge in [-0.15, -0.1) is 0 Å². The molecule has 8 nitrogen and oxygen atoms in total. The lowest BCUT2D eigenvalue weighted by Gasteiger charge is -2.36. The van der Waals surface area contributed by atoms with Gasteiger partial charge in [-0.1, -0.05) is 16.8 Å². The summed E-state index contributed by atoms with van der Waals surface area (Å²) in [5.41, 5.74) is 3.41. The molecule has 2 saturated heterocycles. The number of fused-ring (bicyclic) bond motifs is 1. The summed E-state index contributed by atoms with van der Waals surface area (Å²) in [6.45, 7) is 2.43. The minimum absolute atomic E-state index is 0.229. The lowest BCUT2D eigenvalue weighted by molar-refractivity contribution is -0.259. The molecular weight excluding hydrogens is 430 g/mol. The standard InChI is InChI=1S/C23H20ClN5O3/c24-15-5-8-19-17(11-15)18(12-25-19)21-26-22(32-27-21)20-13-31-29(20)23(30)14-3-6-16(7-4-14)28-9-1-2-10-28/h3-8,11-12,20,25H,1-2,9-10,13H2/t20-/m0/s1. The van der Waals surface area contributed by atoms with Gasteiger partial charge < -0.3 is 14.4 Å². The number of nitrogens with one attached hydrogen (secondary N) is 1. The molecule has 2 aliphatic rings. The van der Waals surface area contributed by atoms with Crippen LogP contribution in [0.15, 0.2) is 53.2 Å². The Labute approximate surface area is 188 Å². The number of aromatic nitrogens is 3. The number of halogens is 1. The summed E-state index contributed by atoms with van der Waals surface area (Å²) in [5.74, 6) is 0.542. The van der Waals surface area contributed by atoms with E-state index in [0.29, 0.717) is 28.9 Å². The Morgan fingerprint density at radius 3 is 2.69 bits per heavy atom. The number of hydroxylamine groups is 2. The minimum Gasteiger partial charge on any atom is -0.372 e. The highest BCUT2D eigenvalue weighted by Crippen LogP contribution is 2.34. The van der Waals surface area contributed by atoms with Crippen molar-refractivity contribution >= 4 is 34.1 Å². The van der Waals surface area contributed by atoms with Gasteiger partial charge in [0, 0.05) is 52.0 Å². The number of hydrogen-bond acceptors (Lipinski definition) is 6. The van der Waals surface area contributed by atoms with Gasteiger partial charge in [0.15, 0.2) is 6.04 Å². The molecule has 2 fully saturated rings. The Balaban J connectivity index is 1.21. The predicted octanol–water partition coefficient (Wildman–Crippen LogP) is 4.60. The molecule has 2 aromatic carbocycles. The number of benzene rings is 2. The first-order valence-corrected chi connectivity index (χ1v) is 11.0. The van der Waals surface area contributed by atoms with Crippen molar-refractivity contribution in [3.63, 3.8) is 0 Å². The van der Waals surface area contributed by atoms with Gasteiger partial charge in [0.2, 0.25) is 5.82 Å². The average molecular weight is 450 g/mol. The number of hydrogen-bond donors (Lipinski definition) is 1. The highest BCUT2D eigenvalue weighted by molar-refractivity contribution is 6.31. The second kappa shape index (κ2) is 7.65. The first-order chi connectivity index (χ1) is 15.7. The molecule has 4 aromatic rings. The van der Waals surface area contributed by atoms with Crippen LogP contribution in [0.2, 0.25) is 5.02 Å². The van der Waals surface area contributed by atoms with Crippen molar-refractivity contribution in [1.82, 2.24) is 20.2 Å². The highest BCUT2D eigenvalue weighted by Gasteiger charge is 2.40. The van der Waals surface area contributed by atoms with E-state index in [1.54, 1.807) is 0 Å². The summed E-state index contributed by atoms with van der Waals surface area (Å²) in [6, 6.07) is 12.8. The Hall–Kier alpha value is -3.36. The Morgan fingerprint density at radius 2 is 1.94 bits per heavy atom. The van der Waals surface area contributed by atoms with Crippen LogP contribution in [0.4, 0.5) is 5.69 Å². The number of carbonyl (C=O) groups excluding carboxylic acids is 1. The second-order valence-electron chi connectivity index (χ2n) is 8.03. The van der Waals surface area contributed by atoms with E-state index in [1.807, 2.05) is 48.7 Å². The second-order valence-corrected chi connectivity index (χ2v) is 8.47. The number of nitrogens with zero attached hydrogens (tertiary/aromatic N) is 4. The van der Waals surface area contributed by atoms with E-state index in [0.717, 1.165) is 35.2 Å². The van der Waals surface area contributed by atoms with E-state index in [4.69, 9.17) is 21.0 Å². The van der Waals surface area contributed by atoms with Crippen LogP contribution in [0.1, 0.15) is 35.1 Å². The summed E-state index contributed by atoms with van der Waals surface area (Å²) in [5, 5.41) is 6.95. The van der Waals surface area contributed by atoms with Gasteiger partial charge in [-0.05, 0) is 55.3 Å². The molecule has 9 heteroatoms. The van der Waals surface area contributed by atoms with Gasteiger partial charge in [-0.25, -0.2) is 5.06 Å². The fraction of sp³-hybridized carbons (Fsp3) is 0.261. The maximum Gasteiger partial charge on any atom is 0.278 e. The number of carbonyl (C=O) groups is 1. The number of H-pyrrole nitrogens is 1. The molecule has 1 N–H and O–H groups in total. The molecule has 0 spiro atoms. The maximum atomic E-state index is 13.0. The van der Waals surface area contributed by atoms with Crippen molar-refractivity contribution in [2.24, 2.45) is 0 Å². The van der Waals surface area contributed by atoms with Crippen LogP contribution >= 0.6 is 11.6 Å². The van der Waals surface area contributed by atoms with Crippen LogP contribution in [0.3, 0.4) is 0 Å². The first-order valence-electron chi connectivity index (χ1n) is 10.6. The van der Waals surface area contributed by atoms with E-state index >= 15 is 0 Å². The number of aromatic amines is 1. The molecule has 0 radical (unpaired) electrons. The smallest absolute Gasteiger partial charge is 0.278 e. The van der Waals surface area contributed by atoms with Gasteiger partial charge in [-0.2, -0.15) is 4.98 Å². The van der Waals surface area contributed by atoms with Crippen LogP contribution in [0.5, 0.6) is 0 Å². The average Bonchev–Trinajstić information content (AvgIpc) is 3.54. The molecule has 1 amide bonds. The summed E-state index contributed by atoms with van der Waals surface area (Å²) in [6.07, 6.45) is 4.24. The molecule has 2 aliphatic heterocycles. The molecule has 32 heavy (non-hydrogen) atoms. The SMILES string of the molecule is O=C(c1ccc(N2CCCC2)cc1)N1OC[C@H]1c1nc(-c2c[nH]c3ccc(Cl)cc23)no1. The van der Waals surface area contributed by atoms with Gasteiger partial charge >= 0.3 is 0 Å². The molecule has 0 aliphatic carbocycles. The van der Waals surface area contributed by atoms with Crippen LogP contribution in [0.25, 0.3) is 22.3 Å². The Kier molecular flexibility index (Phi) is 4.62. The number of amides is 1. The maximum absolute atomic E-state index is 13.0. The molecule has 4 heterocycles. The Bertz CT molecular complexity index is 1290. The van der Waals surface area contributed by atoms with Gasteiger partial charge in [0.25, 0.3) is 11.8 Å². The summed E-state index contributed by atoms with van der Waals surface area (Å²) >= 11 is 6.14. The molecule has 6 rings (SSSR count). The lowest BCUT2D eigenvalue weighted by atomic mass is 10.1. The zero-order valence-corrected chi connectivity index (χ0v) is 17.9. The quantitative estimate of drug-likeness (QED) is 0.490. The van der Waals surface area contributed by atoms with E-state index in [1.165, 1.54) is 17.9 Å². The first kappa shape index (κ1) is 19.3. The molecule has 0 saturated carbocycles. The lowest BCUT2D eigenvalue weighted by Crippen LogP contribution is -2.47. The molecule has 0 unspecified atom stereocenters. The van der Waals surface area contributed by atoms with Crippen molar-refractivity contribution in [2.75, 3.05) is 24.6 Å². The zero-order valence-electron chi connectivity index (χ0n) is 17.1. The van der Waals surface area contributed by atoms with Gasteiger partial charge in [-0.3, -0.25) is 9.63 Å². The van der Waals surface area contributed by atoms with Crippen molar-refractivity contribution in [2.45, 2.75) is 18.9 Å². The van der Waals surface area contributed by atoms with Crippen molar-refractivity contribution in [3.05, 3.63) is 65.1 Å². The van der Waals surface area contributed by atoms with Crippen LogP contribution in [0, 0.1) is 0 Å². The topological polar surface area (TPSA) is 87.5 Å². The summed E-state index contributed by atoms with van der Waals surface area (Å²) in [7, 11) is 0. The highest BCUT2D eigenvalue weighted by atomic mass is 35.5.